The lowest BCUT2D eigenvalue weighted by Gasteiger charge is -2.20. The predicted molar refractivity (Wildman–Crippen MR) is 78.9 cm³/mol. The van der Waals surface area contributed by atoms with Crippen molar-refractivity contribution in [3.63, 3.8) is 0 Å². The molecule has 0 aromatic heterocycles. The zero-order chi connectivity index (χ0) is 15.4. The molecule has 0 aliphatic heterocycles. The molecule has 5 nitrogen and oxygen atoms in total. The number of rotatable bonds is 7. The zero-order valence-electron chi connectivity index (χ0n) is 12.7. The first-order valence-electron chi connectivity index (χ1n) is 7.18. The number of likely N-dealkylation sites (N-methyl/N-ethyl adjacent to an activating group) is 1. The largest absolute Gasteiger partial charge is 0.493 e. The molecule has 0 N–H and O–H groups in total. The second-order valence-electron chi connectivity index (χ2n) is 5.12. The summed E-state index contributed by atoms with van der Waals surface area (Å²) in [6, 6.07) is 5.34. The van der Waals surface area contributed by atoms with E-state index in [-0.39, 0.29) is 18.3 Å². The minimum Gasteiger partial charge on any atom is -0.493 e. The summed E-state index contributed by atoms with van der Waals surface area (Å²) in [6.45, 7) is 4.15. The molecule has 0 spiro atoms. The molecule has 1 saturated carbocycles. The third kappa shape index (κ3) is 3.74. The quantitative estimate of drug-likeness (QED) is 0.723. The molecule has 0 atom stereocenters. The first kappa shape index (κ1) is 15.4. The highest BCUT2D eigenvalue weighted by Crippen LogP contribution is 2.29. The van der Waals surface area contributed by atoms with Crippen molar-refractivity contribution in [2.75, 3.05) is 20.3 Å². The highest BCUT2D eigenvalue weighted by Gasteiger charge is 2.31. The van der Waals surface area contributed by atoms with Crippen molar-refractivity contribution in [2.24, 2.45) is 0 Å². The fraction of sp³-hybridized carbons (Fsp3) is 0.500. The van der Waals surface area contributed by atoms with Gasteiger partial charge in [-0.25, -0.2) is 0 Å². The number of carbonyl (C=O) groups is 2. The van der Waals surface area contributed by atoms with Gasteiger partial charge in [-0.15, -0.1) is 0 Å². The van der Waals surface area contributed by atoms with E-state index < -0.39 is 0 Å². The van der Waals surface area contributed by atoms with E-state index in [1.54, 1.807) is 18.2 Å². The highest BCUT2D eigenvalue weighted by molar-refractivity contribution is 5.94. The molecule has 0 bridgehead atoms. The number of amides is 1. The van der Waals surface area contributed by atoms with Crippen LogP contribution in [0.5, 0.6) is 11.5 Å². The van der Waals surface area contributed by atoms with Gasteiger partial charge in [-0.05, 0) is 44.9 Å². The molecule has 1 aromatic rings. The van der Waals surface area contributed by atoms with Crippen LogP contribution in [0.4, 0.5) is 0 Å². The van der Waals surface area contributed by atoms with E-state index in [1.165, 1.54) is 14.0 Å². The normalized spacial score (nSPS) is 13.7. The Balaban J connectivity index is 2.02. The van der Waals surface area contributed by atoms with Crippen molar-refractivity contribution in [2.45, 2.75) is 32.7 Å². The summed E-state index contributed by atoms with van der Waals surface area (Å²) < 4.78 is 10.8. The zero-order valence-corrected chi connectivity index (χ0v) is 12.7. The average molecular weight is 291 g/mol. The monoisotopic (exact) mass is 291 g/mol. The maximum Gasteiger partial charge on any atom is 0.260 e. The van der Waals surface area contributed by atoms with Crippen LogP contribution in [0.2, 0.25) is 0 Å². The molecule has 0 unspecified atom stereocenters. The van der Waals surface area contributed by atoms with Crippen molar-refractivity contribution < 1.29 is 19.1 Å². The summed E-state index contributed by atoms with van der Waals surface area (Å²) in [5.74, 6) is 0.882. The lowest BCUT2D eigenvalue weighted by atomic mass is 10.1. The van der Waals surface area contributed by atoms with E-state index >= 15 is 0 Å². The third-order valence-electron chi connectivity index (χ3n) is 3.57. The Bertz CT molecular complexity index is 537. The molecule has 0 radical (unpaired) electrons. The molecule has 114 valence electrons. The number of hydrogen-bond donors (Lipinski definition) is 0. The number of Topliss-reactive ketones (excluding diaryl/α,β-unsaturated/α-hetero) is 1. The van der Waals surface area contributed by atoms with E-state index in [4.69, 9.17) is 9.47 Å². The summed E-state index contributed by atoms with van der Waals surface area (Å²) in [5.41, 5.74) is 0.554. The van der Waals surface area contributed by atoms with Crippen molar-refractivity contribution in [1.29, 1.82) is 0 Å². The van der Waals surface area contributed by atoms with Crippen LogP contribution in [-0.4, -0.2) is 42.9 Å². The van der Waals surface area contributed by atoms with Crippen LogP contribution in [0.15, 0.2) is 18.2 Å². The van der Waals surface area contributed by atoms with Crippen LogP contribution in [0.1, 0.15) is 37.0 Å². The van der Waals surface area contributed by atoms with Crippen LogP contribution >= 0.6 is 0 Å². The number of hydrogen-bond acceptors (Lipinski definition) is 4. The Morgan fingerprint density at radius 1 is 1.29 bits per heavy atom. The molecule has 21 heavy (non-hydrogen) atoms. The van der Waals surface area contributed by atoms with Gasteiger partial charge in [0, 0.05) is 18.2 Å². The summed E-state index contributed by atoms with van der Waals surface area (Å²) in [7, 11) is 1.51. The van der Waals surface area contributed by atoms with Crippen molar-refractivity contribution in [1.82, 2.24) is 4.90 Å². The Labute approximate surface area is 124 Å². The second-order valence-corrected chi connectivity index (χ2v) is 5.12. The summed E-state index contributed by atoms with van der Waals surface area (Å²) in [4.78, 5) is 25.3. The number of methoxy groups -OCH3 is 1. The van der Waals surface area contributed by atoms with E-state index in [1.807, 2.05) is 11.8 Å². The lowest BCUT2D eigenvalue weighted by Crippen LogP contribution is -2.36. The third-order valence-corrected chi connectivity index (χ3v) is 3.57. The molecule has 0 heterocycles. The first-order valence-corrected chi connectivity index (χ1v) is 7.18. The minimum absolute atomic E-state index is 0.0138. The van der Waals surface area contributed by atoms with E-state index in [0.717, 1.165) is 12.8 Å². The lowest BCUT2D eigenvalue weighted by molar-refractivity contribution is -0.133. The Morgan fingerprint density at radius 3 is 2.52 bits per heavy atom. The van der Waals surface area contributed by atoms with Gasteiger partial charge in [-0.3, -0.25) is 9.59 Å². The summed E-state index contributed by atoms with van der Waals surface area (Å²) in [5, 5.41) is 0. The fourth-order valence-corrected chi connectivity index (χ4v) is 2.25. The van der Waals surface area contributed by atoms with Crippen LogP contribution in [0.25, 0.3) is 0 Å². The van der Waals surface area contributed by atoms with Crippen LogP contribution < -0.4 is 9.47 Å². The second kappa shape index (κ2) is 6.61. The number of carbonyl (C=O) groups excluding carboxylic acids is 2. The van der Waals surface area contributed by atoms with Crippen LogP contribution in [-0.2, 0) is 4.79 Å². The molecular formula is C16H21NO4. The molecule has 1 aliphatic rings. The maximum absolute atomic E-state index is 12.1. The summed E-state index contributed by atoms with van der Waals surface area (Å²) in [6.07, 6.45) is 2.16. The van der Waals surface area contributed by atoms with E-state index in [2.05, 4.69) is 0 Å². The van der Waals surface area contributed by atoms with Gasteiger partial charge < -0.3 is 14.4 Å². The minimum atomic E-state index is -0.0400. The molecule has 1 aromatic carbocycles. The molecule has 0 saturated heterocycles. The Hall–Kier alpha value is -2.04. The molecule has 1 aliphatic carbocycles. The van der Waals surface area contributed by atoms with Crippen molar-refractivity contribution >= 4 is 11.7 Å². The van der Waals surface area contributed by atoms with Gasteiger partial charge in [0.15, 0.2) is 23.9 Å². The van der Waals surface area contributed by atoms with E-state index in [9.17, 15) is 9.59 Å². The van der Waals surface area contributed by atoms with Gasteiger partial charge in [0.25, 0.3) is 5.91 Å². The first-order chi connectivity index (χ1) is 10.1. The molecule has 1 fully saturated rings. The van der Waals surface area contributed by atoms with Crippen molar-refractivity contribution in [3.05, 3.63) is 23.8 Å². The number of nitrogens with zero attached hydrogens (tertiary/aromatic N) is 1. The smallest absolute Gasteiger partial charge is 0.260 e. The fourth-order valence-electron chi connectivity index (χ4n) is 2.25. The van der Waals surface area contributed by atoms with Gasteiger partial charge in [-0.2, -0.15) is 0 Å². The highest BCUT2D eigenvalue weighted by atomic mass is 16.5. The summed E-state index contributed by atoms with van der Waals surface area (Å²) >= 11 is 0. The number of ether oxygens (including phenoxy) is 2. The maximum atomic E-state index is 12.1. The van der Waals surface area contributed by atoms with Crippen LogP contribution in [0.3, 0.4) is 0 Å². The topological polar surface area (TPSA) is 55.8 Å². The van der Waals surface area contributed by atoms with Gasteiger partial charge in [0.05, 0.1) is 7.11 Å². The number of ketones is 1. The average Bonchev–Trinajstić information content (AvgIpc) is 3.30. The Morgan fingerprint density at radius 2 is 2.00 bits per heavy atom. The Kier molecular flexibility index (Phi) is 4.83. The molecular weight excluding hydrogens is 270 g/mol. The molecule has 1 amide bonds. The standard InChI is InChI=1S/C16H21NO4/c1-4-17(13-6-7-13)16(19)10-21-14-8-5-12(11(2)18)9-15(14)20-3/h5,8-9,13H,4,6-7,10H2,1-3H3. The van der Waals surface area contributed by atoms with E-state index in [0.29, 0.717) is 29.6 Å². The van der Waals surface area contributed by atoms with Crippen LogP contribution in [0, 0.1) is 0 Å². The van der Waals surface area contributed by atoms with Gasteiger partial charge in [-0.1, -0.05) is 0 Å². The predicted octanol–water partition coefficient (Wildman–Crippen LogP) is 2.29. The number of benzene rings is 1. The van der Waals surface area contributed by atoms with Crippen molar-refractivity contribution in [3.8, 4) is 11.5 Å². The van der Waals surface area contributed by atoms with Gasteiger partial charge in [0.1, 0.15) is 0 Å². The SMILES string of the molecule is CCN(C(=O)COc1ccc(C(C)=O)cc1OC)C1CC1. The van der Waals surface area contributed by atoms with Gasteiger partial charge in [0.2, 0.25) is 0 Å². The molecule has 2 rings (SSSR count). The molecule has 5 heteroatoms. The van der Waals surface area contributed by atoms with Gasteiger partial charge >= 0.3 is 0 Å².